The molecule has 0 fully saturated rings. The molecule has 21 heavy (non-hydrogen) atoms. The van der Waals surface area contributed by atoms with Gasteiger partial charge in [0.25, 0.3) is 0 Å². The van der Waals surface area contributed by atoms with Crippen LogP contribution in [0.4, 0.5) is 0 Å². The van der Waals surface area contributed by atoms with Gasteiger partial charge in [-0.1, -0.05) is 0 Å². The van der Waals surface area contributed by atoms with E-state index < -0.39 is 0 Å². The minimum atomic E-state index is 1.17. The number of hydrogen-bond donors (Lipinski definition) is 0. The monoisotopic (exact) mass is 287 g/mol. The summed E-state index contributed by atoms with van der Waals surface area (Å²) in [5.74, 6) is 0. The molecular weight excluding hydrogens is 249 g/mol. The molecule has 0 saturated heterocycles. The van der Waals surface area contributed by atoms with Crippen molar-refractivity contribution in [3.8, 4) is 0 Å². The molecule has 0 unspecified atom stereocenters. The van der Waals surface area contributed by atoms with Gasteiger partial charge < -0.3 is 0 Å². The maximum atomic E-state index is 2.69. The Balaban J connectivity index is 3.94. The summed E-state index contributed by atoms with van der Waals surface area (Å²) >= 11 is 2.24. The van der Waals surface area contributed by atoms with E-state index in [1.807, 2.05) is 0 Å². The van der Waals surface area contributed by atoms with Crippen LogP contribution in [0.5, 0.6) is 0 Å². The molecule has 0 bridgehead atoms. The van der Waals surface area contributed by atoms with Gasteiger partial charge in [0.2, 0.25) is 0 Å². The minimum absolute atomic E-state index is 1.17. The molecular formula is C19H38LiN. The van der Waals surface area contributed by atoms with Crippen LogP contribution in [-0.2, 0) is 0 Å². The summed E-state index contributed by atoms with van der Waals surface area (Å²) in [7, 11) is 0. The van der Waals surface area contributed by atoms with Crippen molar-refractivity contribution in [1.82, 2.24) is 4.90 Å². The van der Waals surface area contributed by atoms with E-state index in [1.165, 1.54) is 88.9 Å². The molecule has 0 spiro atoms. The average molecular weight is 287 g/mol. The predicted octanol–water partition coefficient (Wildman–Crippen LogP) is 5.76. The number of unbranched alkanes of at least 4 members (excludes halogenated alkanes) is 8. The van der Waals surface area contributed by atoms with E-state index in [9.17, 15) is 0 Å². The van der Waals surface area contributed by atoms with Crippen LogP contribution in [0.3, 0.4) is 0 Å². The van der Waals surface area contributed by atoms with Gasteiger partial charge in [-0.3, -0.25) is 0 Å². The third-order valence-electron chi connectivity index (χ3n) is 4.18. The molecule has 0 rings (SSSR count). The standard InChI is InChI=1S/C19H38N.Li/c1-5-8-10-12-14-16-20(18-19(4)7-3)17-15-13-11-9-6-2;/h7H,3,5-6,8-18H2,1-2,4H3;/b19-7+;. The Bertz CT molecular complexity index is 224. The summed E-state index contributed by atoms with van der Waals surface area (Å²) in [5, 5.41) is 1.17. The van der Waals surface area contributed by atoms with Gasteiger partial charge in [0.05, 0.1) is 0 Å². The van der Waals surface area contributed by atoms with E-state index in [0.29, 0.717) is 0 Å². The van der Waals surface area contributed by atoms with Crippen LogP contribution in [0.2, 0.25) is 5.09 Å². The SMILES string of the molecule is [Li][CH2]/C=C(\C)CN(CCCCCCC)CCCCCCC. The molecule has 1 nitrogen and oxygen atoms in total. The quantitative estimate of drug-likeness (QED) is 0.210. The number of allylic oxidation sites excluding steroid dienone is 1. The number of hydrogen-bond acceptors (Lipinski definition) is 1. The molecule has 0 radical (unpaired) electrons. The number of nitrogens with zero attached hydrogens (tertiary/aromatic N) is 1. The molecule has 0 N–H and O–H groups in total. The van der Waals surface area contributed by atoms with Crippen molar-refractivity contribution >= 4 is 17.7 Å². The number of rotatable bonds is 15. The summed E-state index contributed by atoms with van der Waals surface area (Å²) in [6.07, 6.45) is 16.3. The van der Waals surface area contributed by atoms with Crippen LogP contribution in [0.25, 0.3) is 0 Å². The van der Waals surface area contributed by atoms with Crippen LogP contribution < -0.4 is 0 Å². The zero-order chi connectivity index (χ0) is 15.8. The topological polar surface area (TPSA) is 3.24 Å². The third-order valence-corrected chi connectivity index (χ3v) is 4.18. The van der Waals surface area contributed by atoms with Gasteiger partial charge in [0.1, 0.15) is 0 Å². The first-order chi connectivity index (χ1) is 10.2. The Hall–Kier alpha value is 0.297. The van der Waals surface area contributed by atoms with E-state index in [0.717, 1.165) is 0 Å². The van der Waals surface area contributed by atoms with Gasteiger partial charge in [-0.05, 0) is 0 Å². The third kappa shape index (κ3) is 15.0. The zero-order valence-electron chi connectivity index (χ0n) is 15.4. The van der Waals surface area contributed by atoms with E-state index in [-0.39, 0.29) is 0 Å². The van der Waals surface area contributed by atoms with Crippen molar-refractivity contribution in [3.63, 3.8) is 0 Å². The van der Waals surface area contributed by atoms with Crippen molar-refractivity contribution in [2.45, 2.75) is 90.1 Å². The Labute approximate surface area is 144 Å². The van der Waals surface area contributed by atoms with Crippen LogP contribution in [0.1, 0.15) is 85.0 Å². The summed E-state index contributed by atoms with van der Waals surface area (Å²) < 4.78 is 0. The molecule has 0 heterocycles. The van der Waals surface area contributed by atoms with Crippen LogP contribution in [0, 0.1) is 0 Å². The molecule has 120 valence electrons. The van der Waals surface area contributed by atoms with E-state index in [2.05, 4.69) is 49.5 Å². The fourth-order valence-corrected chi connectivity index (χ4v) is 2.91. The Morgan fingerprint density at radius 3 is 1.71 bits per heavy atom. The molecule has 0 saturated carbocycles. The van der Waals surface area contributed by atoms with E-state index in [1.54, 1.807) is 5.57 Å². The fourth-order valence-electron chi connectivity index (χ4n) is 2.91. The van der Waals surface area contributed by atoms with Gasteiger partial charge in [-0.2, -0.15) is 0 Å². The fraction of sp³-hybridized carbons (Fsp3) is 0.895. The van der Waals surface area contributed by atoms with Crippen LogP contribution in [-0.4, -0.2) is 42.2 Å². The molecule has 0 aromatic carbocycles. The van der Waals surface area contributed by atoms with Crippen LogP contribution in [0.15, 0.2) is 11.6 Å². The zero-order valence-corrected chi connectivity index (χ0v) is 15.4. The first kappa shape index (κ1) is 21.3. The van der Waals surface area contributed by atoms with Crippen molar-refractivity contribution in [2.75, 3.05) is 19.6 Å². The molecule has 0 atom stereocenters. The summed E-state index contributed by atoms with van der Waals surface area (Å²) in [4.78, 5) is 2.69. The second kappa shape index (κ2) is 16.7. The Kier molecular flexibility index (Phi) is 16.9. The normalized spacial score (nSPS) is 12.4. The second-order valence-corrected chi connectivity index (χ2v) is 6.56. The van der Waals surface area contributed by atoms with Crippen LogP contribution >= 0.6 is 0 Å². The molecule has 0 aromatic rings. The van der Waals surface area contributed by atoms with Gasteiger partial charge in [0.15, 0.2) is 0 Å². The Morgan fingerprint density at radius 2 is 1.29 bits per heavy atom. The maximum absolute atomic E-state index is 2.69. The van der Waals surface area contributed by atoms with Gasteiger partial charge in [0, 0.05) is 0 Å². The van der Waals surface area contributed by atoms with E-state index in [4.69, 9.17) is 0 Å². The molecule has 0 aliphatic heterocycles. The van der Waals surface area contributed by atoms with Gasteiger partial charge in [-0.15, -0.1) is 0 Å². The molecule has 0 aromatic heterocycles. The second-order valence-electron chi connectivity index (χ2n) is 6.56. The Morgan fingerprint density at radius 1 is 0.810 bits per heavy atom. The van der Waals surface area contributed by atoms with Crippen molar-refractivity contribution in [1.29, 1.82) is 0 Å². The predicted molar refractivity (Wildman–Crippen MR) is 98.3 cm³/mol. The molecule has 0 aliphatic rings. The van der Waals surface area contributed by atoms with Crippen molar-refractivity contribution in [2.24, 2.45) is 0 Å². The summed E-state index contributed by atoms with van der Waals surface area (Å²) in [6.45, 7) is 10.7. The van der Waals surface area contributed by atoms with Gasteiger partial charge >= 0.3 is 144 Å². The molecule has 0 aliphatic carbocycles. The summed E-state index contributed by atoms with van der Waals surface area (Å²) in [6, 6.07) is 0. The first-order valence-electron chi connectivity index (χ1n) is 9.62. The average Bonchev–Trinajstić information content (AvgIpc) is 2.46. The van der Waals surface area contributed by atoms with Gasteiger partial charge in [-0.25, -0.2) is 0 Å². The van der Waals surface area contributed by atoms with E-state index >= 15 is 0 Å². The van der Waals surface area contributed by atoms with Crippen molar-refractivity contribution in [3.05, 3.63) is 11.6 Å². The first-order valence-corrected chi connectivity index (χ1v) is 9.62. The summed E-state index contributed by atoms with van der Waals surface area (Å²) in [5.41, 5.74) is 1.56. The molecule has 0 amide bonds. The van der Waals surface area contributed by atoms with Crippen molar-refractivity contribution < 1.29 is 0 Å². The molecule has 2 heteroatoms.